The third-order valence-electron chi connectivity index (χ3n) is 4.32. The van der Waals surface area contributed by atoms with E-state index in [-0.39, 0.29) is 30.1 Å². The number of benzene rings is 2. The summed E-state index contributed by atoms with van der Waals surface area (Å²) in [6.45, 7) is 0.696. The Bertz CT molecular complexity index is 794. The van der Waals surface area contributed by atoms with Crippen LogP contribution in [0.2, 0.25) is 0 Å². The lowest BCUT2D eigenvalue weighted by Gasteiger charge is -2.25. The highest BCUT2D eigenvalue weighted by Crippen LogP contribution is 2.18. The number of carbonyl (C=O) groups excluding carboxylic acids is 2. The van der Waals surface area contributed by atoms with E-state index < -0.39 is 5.82 Å². The lowest BCUT2D eigenvalue weighted by molar-refractivity contribution is -0.121. The Labute approximate surface area is 163 Å². The fourth-order valence-corrected chi connectivity index (χ4v) is 2.77. The largest absolute Gasteiger partial charge is 0.354 e. The minimum absolute atomic E-state index is 0.140. The molecule has 2 aromatic rings. The van der Waals surface area contributed by atoms with Crippen molar-refractivity contribution >= 4 is 11.8 Å². The molecule has 2 rings (SSSR count). The van der Waals surface area contributed by atoms with E-state index in [9.17, 15) is 18.4 Å². The van der Waals surface area contributed by atoms with E-state index in [2.05, 4.69) is 10.6 Å². The number of hydrogen-bond donors (Lipinski definition) is 2. The molecule has 0 aliphatic carbocycles. The van der Waals surface area contributed by atoms with Crippen LogP contribution in [0.4, 0.5) is 8.78 Å². The molecule has 0 aromatic heterocycles. The van der Waals surface area contributed by atoms with Crippen molar-refractivity contribution in [2.24, 2.45) is 0 Å². The van der Waals surface area contributed by atoms with Crippen molar-refractivity contribution in [3.05, 3.63) is 71.3 Å². The van der Waals surface area contributed by atoms with Gasteiger partial charge in [0.25, 0.3) is 5.91 Å². The molecule has 5 nitrogen and oxygen atoms in total. The van der Waals surface area contributed by atoms with Crippen molar-refractivity contribution in [3.63, 3.8) is 0 Å². The minimum atomic E-state index is -0.400. The van der Waals surface area contributed by atoms with E-state index in [1.807, 2.05) is 25.1 Å². The van der Waals surface area contributed by atoms with Crippen molar-refractivity contribution in [3.8, 4) is 0 Å². The van der Waals surface area contributed by atoms with Gasteiger partial charge in [-0.1, -0.05) is 12.1 Å². The minimum Gasteiger partial charge on any atom is -0.354 e. The average Bonchev–Trinajstić information content (AvgIpc) is 2.65. The molecule has 2 aromatic carbocycles. The molecule has 0 aliphatic heterocycles. The molecule has 1 atom stereocenters. The summed E-state index contributed by atoms with van der Waals surface area (Å²) in [7, 11) is 3.74. The van der Waals surface area contributed by atoms with Gasteiger partial charge in [-0.05, 0) is 62.5 Å². The first-order valence-electron chi connectivity index (χ1n) is 9.09. The first kappa shape index (κ1) is 21.5. The van der Waals surface area contributed by atoms with Gasteiger partial charge in [-0.2, -0.15) is 0 Å². The average molecular weight is 389 g/mol. The van der Waals surface area contributed by atoms with Crippen molar-refractivity contribution in [2.75, 3.05) is 27.2 Å². The van der Waals surface area contributed by atoms with Crippen LogP contribution in [-0.4, -0.2) is 43.9 Å². The van der Waals surface area contributed by atoms with E-state index in [4.69, 9.17) is 0 Å². The Morgan fingerprint density at radius 2 is 1.71 bits per heavy atom. The summed E-state index contributed by atoms with van der Waals surface area (Å²) in [6, 6.07) is 11.4. The van der Waals surface area contributed by atoms with E-state index in [0.29, 0.717) is 25.1 Å². The van der Waals surface area contributed by atoms with Gasteiger partial charge in [-0.15, -0.1) is 0 Å². The molecule has 7 heteroatoms. The number of rotatable bonds is 9. The molecular formula is C21H25F2N3O2. The molecule has 0 saturated carbocycles. The van der Waals surface area contributed by atoms with Crippen LogP contribution >= 0.6 is 0 Å². The molecule has 28 heavy (non-hydrogen) atoms. The van der Waals surface area contributed by atoms with Crippen LogP contribution in [0.1, 0.15) is 34.8 Å². The Kier molecular flexibility index (Phi) is 8.07. The number of nitrogens with one attached hydrogen (secondary N) is 2. The van der Waals surface area contributed by atoms with Gasteiger partial charge >= 0.3 is 0 Å². The molecule has 0 spiro atoms. The topological polar surface area (TPSA) is 61.4 Å². The maximum absolute atomic E-state index is 13.4. The second-order valence-corrected chi connectivity index (χ2v) is 6.70. The Hall–Kier alpha value is -2.80. The quantitative estimate of drug-likeness (QED) is 0.649. The van der Waals surface area contributed by atoms with Gasteiger partial charge in [0, 0.05) is 25.1 Å². The van der Waals surface area contributed by atoms with Crippen LogP contribution in [-0.2, 0) is 4.79 Å². The van der Waals surface area contributed by atoms with E-state index in [1.165, 1.54) is 36.4 Å². The fourth-order valence-electron chi connectivity index (χ4n) is 2.77. The number of carbonyl (C=O) groups is 2. The zero-order chi connectivity index (χ0) is 20.5. The number of amides is 2. The zero-order valence-electron chi connectivity index (χ0n) is 16.0. The molecule has 0 fully saturated rings. The Morgan fingerprint density at radius 3 is 2.36 bits per heavy atom. The molecular weight excluding hydrogens is 364 g/mol. The van der Waals surface area contributed by atoms with Gasteiger partial charge in [0.1, 0.15) is 11.6 Å². The lowest BCUT2D eigenvalue weighted by Crippen LogP contribution is -2.35. The molecule has 0 aliphatic rings. The predicted molar refractivity (Wildman–Crippen MR) is 104 cm³/mol. The molecule has 0 radical (unpaired) electrons. The summed E-state index contributed by atoms with van der Waals surface area (Å²) < 4.78 is 26.3. The summed E-state index contributed by atoms with van der Waals surface area (Å²) >= 11 is 0. The standard InChI is InChI=1S/C21H25F2N3O2/c1-26(2)19(16-5-3-6-18(23)13-16)14-25-20(27)7-4-12-24-21(28)15-8-10-17(22)11-9-15/h3,5-6,8-11,13,19H,4,7,12,14H2,1-2H3,(H,24,28)(H,25,27). The Balaban J connectivity index is 1.72. The second kappa shape index (κ2) is 10.5. The highest BCUT2D eigenvalue weighted by atomic mass is 19.1. The van der Waals surface area contributed by atoms with Crippen molar-refractivity contribution in [1.29, 1.82) is 0 Å². The maximum Gasteiger partial charge on any atom is 0.251 e. The third kappa shape index (κ3) is 6.74. The van der Waals surface area contributed by atoms with Crippen molar-refractivity contribution < 1.29 is 18.4 Å². The van der Waals surface area contributed by atoms with Crippen molar-refractivity contribution in [2.45, 2.75) is 18.9 Å². The number of likely N-dealkylation sites (N-methyl/N-ethyl adjacent to an activating group) is 1. The van der Waals surface area contributed by atoms with Gasteiger partial charge in [-0.3, -0.25) is 9.59 Å². The van der Waals surface area contributed by atoms with E-state index in [1.54, 1.807) is 6.07 Å². The van der Waals surface area contributed by atoms with Gasteiger partial charge in [0.15, 0.2) is 0 Å². The molecule has 0 saturated heterocycles. The van der Waals surface area contributed by atoms with Crippen LogP contribution in [0.15, 0.2) is 48.5 Å². The maximum atomic E-state index is 13.4. The van der Waals surface area contributed by atoms with Gasteiger partial charge in [0.2, 0.25) is 5.91 Å². The van der Waals surface area contributed by atoms with Crippen molar-refractivity contribution in [1.82, 2.24) is 15.5 Å². The van der Waals surface area contributed by atoms with Crippen LogP contribution in [0.3, 0.4) is 0 Å². The monoisotopic (exact) mass is 389 g/mol. The summed E-state index contributed by atoms with van der Waals surface area (Å²) in [5.74, 6) is -1.16. The molecule has 1 unspecified atom stereocenters. The Morgan fingerprint density at radius 1 is 1.00 bits per heavy atom. The summed E-state index contributed by atoms with van der Waals surface area (Å²) in [5, 5.41) is 5.55. The van der Waals surface area contributed by atoms with E-state index in [0.717, 1.165) is 5.56 Å². The SMILES string of the molecule is CN(C)C(CNC(=O)CCCNC(=O)c1ccc(F)cc1)c1cccc(F)c1. The second-order valence-electron chi connectivity index (χ2n) is 6.70. The number of halogens is 2. The van der Waals surface area contributed by atoms with Gasteiger partial charge in [-0.25, -0.2) is 8.78 Å². The molecule has 0 heterocycles. The first-order chi connectivity index (χ1) is 13.4. The fraction of sp³-hybridized carbons (Fsp3) is 0.333. The molecule has 2 amide bonds. The van der Waals surface area contributed by atoms with Crippen LogP contribution in [0.5, 0.6) is 0 Å². The molecule has 2 N–H and O–H groups in total. The predicted octanol–water partition coefficient (Wildman–Crippen LogP) is 2.89. The lowest BCUT2D eigenvalue weighted by atomic mass is 10.1. The van der Waals surface area contributed by atoms with Gasteiger partial charge in [0.05, 0.1) is 6.04 Å². The zero-order valence-corrected chi connectivity index (χ0v) is 16.0. The smallest absolute Gasteiger partial charge is 0.251 e. The van der Waals surface area contributed by atoms with E-state index >= 15 is 0 Å². The highest BCUT2D eigenvalue weighted by molar-refractivity contribution is 5.94. The number of hydrogen-bond acceptors (Lipinski definition) is 3. The van der Waals surface area contributed by atoms with Crippen LogP contribution < -0.4 is 10.6 Å². The first-order valence-corrected chi connectivity index (χ1v) is 9.09. The summed E-state index contributed by atoms with van der Waals surface area (Å²) in [4.78, 5) is 25.9. The van der Waals surface area contributed by atoms with Gasteiger partial charge < -0.3 is 15.5 Å². The molecule has 150 valence electrons. The number of nitrogens with zero attached hydrogens (tertiary/aromatic N) is 1. The molecule has 0 bridgehead atoms. The summed E-state index contributed by atoms with van der Waals surface area (Å²) in [6.07, 6.45) is 0.734. The third-order valence-corrected chi connectivity index (χ3v) is 4.32. The highest BCUT2D eigenvalue weighted by Gasteiger charge is 2.16. The summed E-state index contributed by atoms with van der Waals surface area (Å²) in [5.41, 5.74) is 1.16. The van der Waals surface area contributed by atoms with Crippen LogP contribution in [0.25, 0.3) is 0 Å². The van der Waals surface area contributed by atoms with Crippen LogP contribution in [0, 0.1) is 11.6 Å². The normalized spacial score (nSPS) is 11.9.